The van der Waals surface area contributed by atoms with E-state index in [4.69, 9.17) is 11.6 Å². The first-order valence-electron chi connectivity index (χ1n) is 6.72. The molecule has 0 radical (unpaired) electrons. The molecule has 0 aromatic carbocycles. The minimum absolute atomic E-state index is 0.132. The number of nitrogens with zero attached hydrogens (tertiary/aromatic N) is 2. The predicted octanol–water partition coefficient (Wildman–Crippen LogP) is 1.89. The highest BCUT2D eigenvalue weighted by Crippen LogP contribution is 2.25. The summed E-state index contributed by atoms with van der Waals surface area (Å²) in [5.74, 6) is 0.394. The van der Waals surface area contributed by atoms with Gasteiger partial charge in [-0.3, -0.25) is 4.68 Å². The Balaban J connectivity index is 1.90. The Morgan fingerprint density at radius 1 is 1.50 bits per heavy atom. The van der Waals surface area contributed by atoms with Gasteiger partial charge in [0.05, 0.1) is 11.8 Å². The predicted molar refractivity (Wildman–Crippen MR) is 72.7 cm³/mol. The van der Waals surface area contributed by atoms with Crippen LogP contribution in [-0.2, 0) is 20.0 Å². The molecule has 2 unspecified atom stereocenters. The highest BCUT2D eigenvalue weighted by atomic mass is 35.5. The average molecular weight is 272 g/mol. The first-order valence-corrected chi connectivity index (χ1v) is 7.10. The van der Waals surface area contributed by atoms with Gasteiger partial charge in [-0.2, -0.15) is 5.10 Å². The van der Waals surface area contributed by atoms with Gasteiger partial charge in [-0.25, -0.2) is 0 Å². The van der Waals surface area contributed by atoms with E-state index in [-0.39, 0.29) is 6.10 Å². The molecule has 1 saturated carbocycles. The summed E-state index contributed by atoms with van der Waals surface area (Å²) in [6.45, 7) is 3.68. The van der Waals surface area contributed by atoms with Crippen LogP contribution in [-0.4, -0.2) is 27.5 Å². The van der Waals surface area contributed by atoms with Crippen LogP contribution in [0.3, 0.4) is 0 Å². The summed E-state index contributed by atoms with van der Waals surface area (Å²) in [6.07, 6.45) is 3.97. The first-order chi connectivity index (χ1) is 8.63. The Morgan fingerprint density at radius 2 is 2.28 bits per heavy atom. The van der Waals surface area contributed by atoms with Crippen LogP contribution in [0.15, 0.2) is 0 Å². The van der Waals surface area contributed by atoms with Gasteiger partial charge in [0, 0.05) is 25.7 Å². The second-order valence-corrected chi connectivity index (χ2v) is 5.44. The molecular formula is C13H22ClN3O. The van der Waals surface area contributed by atoms with Gasteiger partial charge in [0.15, 0.2) is 0 Å². The molecule has 2 atom stereocenters. The van der Waals surface area contributed by atoms with Crippen LogP contribution >= 0.6 is 11.6 Å². The molecule has 18 heavy (non-hydrogen) atoms. The molecule has 2 rings (SSSR count). The third-order valence-corrected chi connectivity index (χ3v) is 4.29. The van der Waals surface area contributed by atoms with Crippen molar-refractivity contribution in [3.63, 3.8) is 0 Å². The summed E-state index contributed by atoms with van der Waals surface area (Å²) in [5.41, 5.74) is 2.15. The van der Waals surface area contributed by atoms with Crippen molar-refractivity contribution in [3.05, 3.63) is 16.4 Å². The van der Waals surface area contributed by atoms with E-state index in [1.807, 2.05) is 7.05 Å². The van der Waals surface area contributed by atoms with Crippen LogP contribution < -0.4 is 5.32 Å². The molecule has 1 aromatic heterocycles. The normalized spacial score (nSPS) is 23.8. The number of aryl methyl sites for hydroxylation is 2. The maximum Gasteiger partial charge on any atom is 0.131 e. The minimum Gasteiger partial charge on any atom is -0.393 e. The molecule has 1 aliphatic rings. The van der Waals surface area contributed by atoms with E-state index in [0.29, 0.717) is 11.1 Å². The van der Waals surface area contributed by atoms with Crippen molar-refractivity contribution >= 4 is 11.6 Å². The van der Waals surface area contributed by atoms with Crippen molar-refractivity contribution in [3.8, 4) is 0 Å². The molecule has 1 aromatic rings. The van der Waals surface area contributed by atoms with E-state index < -0.39 is 0 Å². The summed E-state index contributed by atoms with van der Waals surface area (Å²) >= 11 is 6.23. The van der Waals surface area contributed by atoms with E-state index in [1.165, 1.54) is 0 Å². The van der Waals surface area contributed by atoms with Crippen molar-refractivity contribution in [1.29, 1.82) is 0 Å². The smallest absolute Gasteiger partial charge is 0.131 e. The Morgan fingerprint density at radius 3 is 2.89 bits per heavy atom. The van der Waals surface area contributed by atoms with Gasteiger partial charge >= 0.3 is 0 Å². The Hall–Kier alpha value is -0.580. The van der Waals surface area contributed by atoms with E-state index in [1.54, 1.807) is 4.68 Å². The monoisotopic (exact) mass is 271 g/mol. The van der Waals surface area contributed by atoms with E-state index >= 15 is 0 Å². The molecule has 2 N–H and O–H groups in total. The van der Waals surface area contributed by atoms with Gasteiger partial charge in [-0.05, 0) is 25.2 Å². The van der Waals surface area contributed by atoms with Crippen LogP contribution in [0, 0.1) is 5.92 Å². The van der Waals surface area contributed by atoms with Gasteiger partial charge in [0.1, 0.15) is 5.15 Å². The van der Waals surface area contributed by atoms with Crippen LogP contribution in [0.1, 0.15) is 37.4 Å². The molecule has 0 saturated heterocycles. The zero-order valence-electron chi connectivity index (χ0n) is 11.1. The van der Waals surface area contributed by atoms with Gasteiger partial charge < -0.3 is 10.4 Å². The summed E-state index contributed by atoms with van der Waals surface area (Å²) < 4.78 is 1.72. The van der Waals surface area contributed by atoms with Crippen LogP contribution in [0.25, 0.3) is 0 Å². The van der Waals surface area contributed by atoms with Crippen molar-refractivity contribution in [2.75, 3.05) is 6.54 Å². The lowest BCUT2D eigenvalue weighted by Crippen LogP contribution is -2.27. The molecule has 1 fully saturated rings. The fourth-order valence-electron chi connectivity index (χ4n) is 2.70. The Kier molecular flexibility index (Phi) is 4.65. The van der Waals surface area contributed by atoms with E-state index in [2.05, 4.69) is 17.3 Å². The number of hydrogen-bond acceptors (Lipinski definition) is 3. The fourth-order valence-corrected chi connectivity index (χ4v) is 2.91. The number of halogens is 1. The number of rotatable bonds is 5. The number of aliphatic hydroxyl groups is 1. The molecule has 0 amide bonds. The van der Waals surface area contributed by atoms with Gasteiger partial charge in [0.25, 0.3) is 0 Å². The number of aliphatic hydroxyl groups excluding tert-OH is 1. The minimum atomic E-state index is -0.132. The van der Waals surface area contributed by atoms with Crippen molar-refractivity contribution < 1.29 is 5.11 Å². The van der Waals surface area contributed by atoms with Crippen LogP contribution in [0.4, 0.5) is 0 Å². The van der Waals surface area contributed by atoms with Crippen LogP contribution in [0.5, 0.6) is 0 Å². The largest absolute Gasteiger partial charge is 0.393 e. The Bertz CT molecular complexity index is 405. The molecule has 4 nitrogen and oxygen atoms in total. The highest BCUT2D eigenvalue weighted by molar-refractivity contribution is 6.30. The van der Waals surface area contributed by atoms with Gasteiger partial charge in [-0.15, -0.1) is 0 Å². The summed E-state index contributed by atoms with van der Waals surface area (Å²) in [4.78, 5) is 0. The maximum atomic E-state index is 9.76. The second kappa shape index (κ2) is 6.04. The third-order valence-electron chi connectivity index (χ3n) is 3.81. The summed E-state index contributed by atoms with van der Waals surface area (Å²) in [6, 6.07) is 0. The van der Waals surface area contributed by atoms with E-state index in [9.17, 15) is 5.11 Å². The zero-order valence-corrected chi connectivity index (χ0v) is 11.9. The molecule has 1 heterocycles. The highest BCUT2D eigenvalue weighted by Gasteiger charge is 2.24. The first kappa shape index (κ1) is 13.8. The molecule has 102 valence electrons. The standard InChI is InChI=1S/C13H22ClN3O/c1-3-11-10(13(14)17(2)16-11)8-15-7-9-5-4-6-12(9)18/h9,12,15,18H,3-8H2,1-2H3. The molecule has 0 aliphatic heterocycles. The lowest BCUT2D eigenvalue weighted by Gasteiger charge is -2.15. The lowest BCUT2D eigenvalue weighted by molar-refractivity contribution is 0.131. The SMILES string of the molecule is CCc1nn(C)c(Cl)c1CNCC1CCCC1O. The topological polar surface area (TPSA) is 50.1 Å². The van der Waals surface area contributed by atoms with Crippen molar-refractivity contribution in [2.45, 2.75) is 45.3 Å². The maximum absolute atomic E-state index is 9.76. The third kappa shape index (κ3) is 2.87. The fraction of sp³-hybridized carbons (Fsp3) is 0.769. The number of nitrogens with one attached hydrogen (secondary N) is 1. The molecule has 0 spiro atoms. The summed E-state index contributed by atoms with van der Waals surface area (Å²) in [5, 5.41) is 18.3. The number of hydrogen-bond donors (Lipinski definition) is 2. The molecular weight excluding hydrogens is 250 g/mol. The molecule has 0 bridgehead atoms. The van der Waals surface area contributed by atoms with E-state index in [0.717, 1.165) is 50.0 Å². The second-order valence-electron chi connectivity index (χ2n) is 5.08. The number of aromatic nitrogens is 2. The molecule has 5 heteroatoms. The summed E-state index contributed by atoms with van der Waals surface area (Å²) in [7, 11) is 1.87. The van der Waals surface area contributed by atoms with Crippen LogP contribution in [0.2, 0.25) is 5.15 Å². The zero-order chi connectivity index (χ0) is 13.1. The van der Waals surface area contributed by atoms with Crippen molar-refractivity contribution in [1.82, 2.24) is 15.1 Å². The Labute approximate surface area is 113 Å². The van der Waals surface area contributed by atoms with Gasteiger partial charge in [-0.1, -0.05) is 24.9 Å². The van der Waals surface area contributed by atoms with Gasteiger partial charge in [0.2, 0.25) is 0 Å². The van der Waals surface area contributed by atoms with Crippen molar-refractivity contribution in [2.24, 2.45) is 13.0 Å². The average Bonchev–Trinajstić information content (AvgIpc) is 2.87. The molecule has 1 aliphatic carbocycles. The quantitative estimate of drug-likeness (QED) is 0.860. The lowest BCUT2D eigenvalue weighted by atomic mass is 10.1.